The number of hydrogen-bond acceptors (Lipinski definition) is 0. The molecule has 0 aromatic rings. The van der Waals surface area contributed by atoms with Crippen LogP contribution in [0.3, 0.4) is 0 Å². The third-order valence-corrected chi connectivity index (χ3v) is 2.46. The fourth-order valence-corrected chi connectivity index (χ4v) is 1.48. The van der Waals surface area contributed by atoms with Gasteiger partial charge in [-0.3, -0.25) is 0 Å². The average molecular weight is 220 g/mol. The Labute approximate surface area is 86.0 Å². The van der Waals surface area contributed by atoms with Gasteiger partial charge in [0, 0.05) is 17.4 Å². The second-order valence-electron chi connectivity index (χ2n) is 4.21. The van der Waals surface area contributed by atoms with Crippen molar-refractivity contribution in [2.75, 3.05) is 0 Å². The lowest BCUT2D eigenvalue weighted by Crippen LogP contribution is -2.25. The molecule has 1 rings (SSSR count). The van der Waals surface area contributed by atoms with Gasteiger partial charge in [0.1, 0.15) is 11.7 Å². The van der Waals surface area contributed by atoms with Crippen molar-refractivity contribution < 1.29 is 17.6 Å². The van der Waals surface area contributed by atoms with Gasteiger partial charge in [0.05, 0.1) is 0 Å². The molecule has 1 aliphatic carbocycles. The van der Waals surface area contributed by atoms with E-state index in [9.17, 15) is 17.6 Å². The fraction of sp³-hybridized carbons (Fsp3) is 0.455. The van der Waals surface area contributed by atoms with E-state index in [0.717, 1.165) is 6.08 Å². The molecule has 0 saturated heterocycles. The molecule has 0 radical (unpaired) electrons. The summed E-state index contributed by atoms with van der Waals surface area (Å²) >= 11 is 0. The van der Waals surface area contributed by atoms with Crippen LogP contribution in [0.4, 0.5) is 17.6 Å². The van der Waals surface area contributed by atoms with Crippen molar-refractivity contribution in [1.29, 1.82) is 0 Å². The first-order chi connectivity index (χ1) is 6.81. The second-order valence-corrected chi connectivity index (χ2v) is 4.21. The highest BCUT2D eigenvalue weighted by molar-refractivity contribution is 5.42. The molecule has 0 aromatic heterocycles. The first-order valence-corrected chi connectivity index (χ1v) is 4.52. The lowest BCUT2D eigenvalue weighted by atomic mass is 9.84. The van der Waals surface area contributed by atoms with Gasteiger partial charge >= 0.3 is 0 Å². The Kier molecular flexibility index (Phi) is 3.07. The van der Waals surface area contributed by atoms with Crippen molar-refractivity contribution in [2.24, 2.45) is 5.41 Å². The van der Waals surface area contributed by atoms with Crippen LogP contribution in [0.2, 0.25) is 0 Å². The summed E-state index contributed by atoms with van der Waals surface area (Å²) in [5.41, 5.74) is -2.01. The molecule has 84 valence electrons. The van der Waals surface area contributed by atoms with Crippen molar-refractivity contribution in [3.05, 3.63) is 35.7 Å². The molecule has 0 nitrogen and oxygen atoms in total. The van der Waals surface area contributed by atoms with E-state index in [0.29, 0.717) is 0 Å². The molecule has 0 heterocycles. The average Bonchev–Trinajstić information content (AvgIpc) is 2.19. The molecule has 1 atom stereocenters. The Hall–Kier alpha value is -1.06. The highest BCUT2D eigenvalue weighted by Gasteiger charge is 2.39. The van der Waals surface area contributed by atoms with Crippen LogP contribution in [0.25, 0.3) is 0 Å². The normalized spacial score (nSPS) is 26.7. The lowest BCUT2D eigenvalue weighted by Gasteiger charge is -2.25. The summed E-state index contributed by atoms with van der Waals surface area (Å²) < 4.78 is 53.4. The Morgan fingerprint density at radius 3 is 2.33 bits per heavy atom. The minimum atomic E-state index is -2.02. The van der Waals surface area contributed by atoms with Crippen molar-refractivity contribution in [2.45, 2.75) is 26.4 Å². The number of rotatable bonds is 1. The molecule has 0 spiro atoms. The third kappa shape index (κ3) is 1.98. The van der Waals surface area contributed by atoms with E-state index in [1.807, 2.05) is 0 Å². The van der Waals surface area contributed by atoms with Gasteiger partial charge in [-0.05, 0) is 0 Å². The molecule has 0 aromatic carbocycles. The Morgan fingerprint density at radius 2 is 1.87 bits per heavy atom. The highest BCUT2D eigenvalue weighted by Crippen LogP contribution is 2.43. The van der Waals surface area contributed by atoms with Gasteiger partial charge in [-0.25, -0.2) is 17.6 Å². The maximum absolute atomic E-state index is 13.6. The number of hydrogen-bond donors (Lipinski definition) is 0. The van der Waals surface area contributed by atoms with E-state index in [-0.39, 0.29) is 0 Å². The van der Waals surface area contributed by atoms with Crippen LogP contribution in [-0.4, -0.2) is 6.17 Å². The molecular weight excluding hydrogens is 208 g/mol. The second kappa shape index (κ2) is 3.83. The summed E-state index contributed by atoms with van der Waals surface area (Å²) in [4.78, 5) is 0. The summed E-state index contributed by atoms with van der Waals surface area (Å²) in [7, 11) is 0. The molecule has 0 N–H and O–H groups in total. The van der Waals surface area contributed by atoms with Crippen LogP contribution < -0.4 is 0 Å². The largest absolute Gasteiger partial charge is 0.239 e. The van der Waals surface area contributed by atoms with E-state index in [1.54, 1.807) is 0 Å². The molecule has 15 heavy (non-hydrogen) atoms. The lowest BCUT2D eigenvalue weighted by molar-refractivity contribution is 0.146. The van der Waals surface area contributed by atoms with E-state index in [2.05, 4.69) is 6.58 Å². The summed E-state index contributed by atoms with van der Waals surface area (Å²) in [5.74, 6) is -3.78. The van der Waals surface area contributed by atoms with Crippen LogP contribution in [0, 0.1) is 5.41 Å². The van der Waals surface area contributed by atoms with E-state index in [4.69, 9.17) is 0 Å². The SMILES string of the molecule is C=CC1=C(F)C(F)C(C)(C)CC(F)=C1F. The molecule has 1 aliphatic rings. The maximum Gasteiger partial charge on any atom is 0.164 e. The van der Waals surface area contributed by atoms with Gasteiger partial charge in [-0.15, -0.1) is 0 Å². The van der Waals surface area contributed by atoms with Crippen molar-refractivity contribution >= 4 is 0 Å². The van der Waals surface area contributed by atoms with Gasteiger partial charge in [-0.1, -0.05) is 26.5 Å². The zero-order valence-electron chi connectivity index (χ0n) is 8.58. The molecule has 1 unspecified atom stereocenters. The minimum Gasteiger partial charge on any atom is -0.239 e. The summed E-state index contributed by atoms with van der Waals surface area (Å²) in [6.45, 7) is 5.82. The van der Waals surface area contributed by atoms with Crippen molar-refractivity contribution in [3.8, 4) is 0 Å². The zero-order chi connectivity index (χ0) is 11.8. The molecule has 4 heteroatoms. The van der Waals surface area contributed by atoms with Gasteiger partial charge in [-0.2, -0.15) is 0 Å². The first-order valence-electron chi connectivity index (χ1n) is 4.52. The Morgan fingerprint density at radius 1 is 1.33 bits per heavy atom. The third-order valence-electron chi connectivity index (χ3n) is 2.46. The molecular formula is C11H12F4. The van der Waals surface area contributed by atoms with Crippen molar-refractivity contribution in [1.82, 2.24) is 0 Å². The topological polar surface area (TPSA) is 0 Å². The monoisotopic (exact) mass is 220 g/mol. The predicted octanol–water partition coefficient (Wildman–Crippen LogP) is 4.31. The van der Waals surface area contributed by atoms with Gasteiger partial charge < -0.3 is 0 Å². The standard InChI is InChI=1S/C11H12F4/c1-4-6-8(13)7(12)5-11(2,3)10(15)9(6)14/h4,10H,1,5H2,2-3H3. The minimum absolute atomic E-state index is 0.468. The molecule has 0 bridgehead atoms. The Balaban J connectivity index is 3.38. The molecule has 0 fully saturated rings. The summed E-state index contributed by atoms with van der Waals surface area (Å²) in [6.07, 6.45) is -1.70. The molecule has 0 saturated carbocycles. The smallest absolute Gasteiger partial charge is 0.164 e. The summed E-state index contributed by atoms with van der Waals surface area (Å²) in [6, 6.07) is 0. The predicted molar refractivity (Wildman–Crippen MR) is 50.9 cm³/mol. The number of halogens is 4. The molecule has 0 amide bonds. The van der Waals surface area contributed by atoms with Crippen LogP contribution in [-0.2, 0) is 0 Å². The van der Waals surface area contributed by atoms with Crippen molar-refractivity contribution in [3.63, 3.8) is 0 Å². The first kappa shape index (κ1) is 12.0. The number of alkyl halides is 1. The van der Waals surface area contributed by atoms with Crippen LogP contribution in [0.5, 0.6) is 0 Å². The quantitative estimate of drug-likeness (QED) is 0.577. The number of allylic oxidation sites excluding steroid dienone is 5. The van der Waals surface area contributed by atoms with E-state index < -0.39 is 41.1 Å². The summed E-state index contributed by atoms with van der Waals surface area (Å²) in [5, 5.41) is 0. The Bertz CT molecular complexity index is 350. The van der Waals surface area contributed by atoms with Gasteiger partial charge in [0.25, 0.3) is 0 Å². The van der Waals surface area contributed by atoms with Gasteiger partial charge in [0.15, 0.2) is 12.0 Å². The van der Waals surface area contributed by atoms with E-state index >= 15 is 0 Å². The van der Waals surface area contributed by atoms with E-state index in [1.165, 1.54) is 13.8 Å². The van der Waals surface area contributed by atoms with Crippen LogP contribution in [0.15, 0.2) is 35.7 Å². The fourth-order valence-electron chi connectivity index (χ4n) is 1.48. The highest BCUT2D eigenvalue weighted by atomic mass is 19.2. The molecule has 0 aliphatic heterocycles. The zero-order valence-corrected chi connectivity index (χ0v) is 8.58. The van der Waals surface area contributed by atoms with Gasteiger partial charge in [0.2, 0.25) is 0 Å². The maximum atomic E-state index is 13.6. The van der Waals surface area contributed by atoms with Crippen LogP contribution >= 0.6 is 0 Å². The van der Waals surface area contributed by atoms with Crippen LogP contribution in [0.1, 0.15) is 20.3 Å².